The number of benzene rings is 1. The molecule has 4 nitrogen and oxygen atoms in total. The van der Waals surface area contributed by atoms with Crippen LogP contribution in [-0.4, -0.2) is 51.3 Å². The lowest BCUT2D eigenvalue weighted by Crippen LogP contribution is -2.42. The molecule has 1 aromatic rings. The van der Waals surface area contributed by atoms with Crippen molar-refractivity contribution in [1.29, 1.82) is 0 Å². The molecule has 2 saturated heterocycles. The minimum atomic E-state index is -3.40. The SMILES string of the molecule is CC(C)C1CCN(CC2CCN(c3cc(S(=O)(=O)C(C)C)ccc3F)CC2)CC1. The number of likely N-dealkylation sites (tertiary alicyclic amines) is 1. The van der Waals surface area contributed by atoms with Gasteiger partial charge in [-0.3, -0.25) is 0 Å². The third kappa shape index (κ3) is 5.32. The average Bonchev–Trinajstić information content (AvgIpc) is 2.69. The molecule has 0 unspecified atom stereocenters. The Morgan fingerprint density at radius 2 is 1.62 bits per heavy atom. The van der Waals surface area contributed by atoms with Crippen LogP contribution in [0.2, 0.25) is 0 Å². The van der Waals surface area contributed by atoms with Crippen molar-refractivity contribution in [2.75, 3.05) is 37.6 Å². The van der Waals surface area contributed by atoms with Crippen LogP contribution in [0.1, 0.15) is 53.4 Å². The van der Waals surface area contributed by atoms with Gasteiger partial charge in [-0.2, -0.15) is 0 Å². The molecule has 0 amide bonds. The van der Waals surface area contributed by atoms with Crippen LogP contribution in [0.15, 0.2) is 23.1 Å². The Labute approximate surface area is 176 Å². The van der Waals surface area contributed by atoms with Crippen molar-refractivity contribution >= 4 is 15.5 Å². The molecule has 0 atom stereocenters. The zero-order chi connectivity index (χ0) is 21.2. The first-order valence-corrected chi connectivity index (χ1v) is 12.7. The zero-order valence-electron chi connectivity index (χ0n) is 18.4. The summed E-state index contributed by atoms with van der Waals surface area (Å²) in [6.45, 7) is 13.1. The summed E-state index contributed by atoms with van der Waals surface area (Å²) in [5, 5.41) is -0.508. The standard InChI is InChI=1S/C23H37FN2O2S/c1-17(2)20-9-11-25(12-10-20)16-19-7-13-26(14-8-19)23-15-21(5-6-22(23)24)29(27,28)18(3)4/h5-6,15,17-20H,7-14,16H2,1-4H3. The molecule has 0 spiro atoms. The molecule has 2 aliphatic heterocycles. The highest BCUT2D eigenvalue weighted by Crippen LogP contribution is 2.31. The van der Waals surface area contributed by atoms with Crippen LogP contribution in [0.25, 0.3) is 0 Å². The Balaban J connectivity index is 1.57. The zero-order valence-corrected chi connectivity index (χ0v) is 19.2. The Kier molecular flexibility index (Phi) is 7.26. The second-order valence-electron chi connectivity index (χ2n) is 9.52. The highest BCUT2D eigenvalue weighted by molar-refractivity contribution is 7.92. The van der Waals surface area contributed by atoms with Crippen LogP contribution in [0, 0.1) is 23.6 Å². The first-order valence-electron chi connectivity index (χ1n) is 11.2. The molecule has 0 N–H and O–H groups in total. The molecule has 0 aromatic heterocycles. The van der Waals surface area contributed by atoms with Gasteiger partial charge in [-0.15, -0.1) is 0 Å². The Hall–Kier alpha value is -1.14. The van der Waals surface area contributed by atoms with Gasteiger partial charge in [0.05, 0.1) is 15.8 Å². The predicted molar refractivity (Wildman–Crippen MR) is 118 cm³/mol. The fourth-order valence-electron chi connectivity index (χ4n) is 4.71. The predicted octanol–water partition coefficient (Wildman–Crippen LogP) is 4.59. The van der Waals surface area contributed by atoms with E-state index in [9.17, 15) is 12.8 Å². The minimum Gasteiger partial charge on any atom is -0.369 e. The minimum absolute atomic E-state index is 0.221. The van der Waals surface area contributed by atoms with E-state index in [1.54, 1.807) is 13.8 Å². The largest absolute Gasteiger partial charge is 0.369 e. The maximum absolute atomic E-state index is 14.5. The summed E-state index contributed by atoms with van der Waals surface area (Å²) in [5.41, 5.74) is 0.433. The number of sulfone groups is 1. The molecule has 29 heavy (non-hydrogen) atoms. The Morgan fingerprint density at radius 1 is 1.00 bits per heavy atom. The van der Waals surface area contributed by atoms with Gasteiger partial charge in [0.15, 0.2) is 9.84 Å². The van der Waals surface area contributed by atoms with Crippen molar-refractivity contribution in [2.45, 2.75) is 63.5 Å². The number of hydrogen-bond donors (Lipinski definition) is 0. The van der Waals surface area contributed by atoms with Crippen molar-refractivity contribution in [1.82, 2.24) is 4.90 Å². The van der Waals surface area contributed by atoms with Crippen LogP contribution in [0.4, 0.5) is 10.1 Å². The quantitative estimate of drug-likeness (QED) is 0.626. The molecule has 2 aliphatic rings. The number of hydrogen-bond acceptors (Lipinski definition) is 4. The topological polar surface area (TPSA) is 40.6 Å². The molecular weight excluding hydrogens is 387 g/mol. The molecule has 0 saturated carbocycles. The smallest absolute Gasteiger partial charge is 0.180 e. The van der Waals surface area contributed by atoms with Gasteiger partial charge in [-0.1, -0.05) is 13.8 Å². The van der Waals surface area contributed by atoms with E-state index in [-0.39, 0.29) is 10.7 Å². The summed E-state index contributed by atoms with van der Waals surface area (Å²) in [4.78, 5) is 4.85. The Morgan fingerprint density at radius 3 is 2.17 bits per heavy atom. The summed E-state index contributed by atoms with van der Waals surface area (Å²) in [6.07, 6.45) is 4.67. The molecule has 2 fully saturated rings. The lowest BCUT2D eigenvalue weighted by molar-refractivity contribution is 0.132. The first kappa shape index (κ1) is 22.5. The Bertz CT molecular complexity index is 778. The fourth-order valence-corrected chi connectivity index (χ4v) is 5.79. The van der Waals surface area contributed by atoms with E-state index in [0.717, 1.165) is 44.3 Å². The van der Waals surface area contributed by atoms with Crippen molar-refractivity contribution in [3.05, 3.63) is 24.0 Å². The van der Waals surface area contributed by atoms with E-state index in [1.165, 1.54) is 44.1 Å². The molecule has 3 rings (SSSR count). The summed E-state index contributed by atoms with van der Waals surface area (Å²) >= 11 is 0. The summed E-state index contributed by atoms with van der Waals surface area (Å²) < 4.78 is 39.4. The summed E-state index contributed by atoms with van der Waals surface area (Å²) in [7, 11) is -3.40. The van der Waals surface area contributed by atoms with Crippen LogP contribution in [0.3, 0.4) is 0 Å². The van der Waals surface area contributed by atoms with Crippen molar-refractivity contribution < 1.29 is 12.8 Å². The normalized spacial score (nSPS) is 20.7. The first-order chi connectivity index (χ1) is 13.7. The van der Waals surface area contributed by atoms with Crippen LogP contribution >= 0.6 is 0 Å². The van der Waals surface area contributed by atoms with Crippen LogP contribution in [-0.2, 0) is 9.84 Å². The van der Waals surface area contributed by atoms with E-state index in [0.29, 0.717) is 11.6 Å². The monoisotopic (exact) mass is 424 g/mol. The third-order valence-corrected chi connectivity index (χ3v) is 9.07. The van der Waals surface area contributed by atoms with Gasteiger partial charge < -0.3 is 9.80 Å². The summed E-state index contributed by atoms with van der Waals surface area (Å²) in [5.74, 6) is 1.96. The van der Waals surface area contributed by atoms with Gasteiger partial charge in [-0.25, -0.2) is 12.8 Å². The molecule has 0 bridgehead atoms. The van der Waals surface area contributed by atoms with E-state index in [4.69, 9.17) is 0 Å². The van der Waals surface area contributed by atoms with E-state index in [1.807, 2.05) is 4.90 Å². The second-order valence-corrected chi connectivity index (χ2v) is 12.0. The van der Waals surface area contributed by atoms with Crippen molar-refractivity contribution in [2.24, 2.45) is 17.8 Å². The van der Waals surface area contributed by atoms with Crippen molar-refractivity contribution in [3.8, 4) is 0 Å². The maximum Gasteiger partial charge on any atom is 0.180 e. The molecule has 0 aliphatic carbocycles. The molecule has 6 heteroatoms. The van der Waals surface area contributed by atoms with Gasteiger partial charge in [0, 0.05) is 19.6 Å². The third-order valence-electron chi connectivity index (χ3n) is 6.91. The molecule has 2 heterocycles. The maximum atomic E-state index is 14.5. The highest BCUT2D eigenvalue weighted by Gasteiger charge is 2.27. The number of anilines is 1. The van der Waals surface area contributed by atoms with Crippen LogP contribution < -0.4 is 4.90 Å². The number of nitrogens with zero attached hydrogens (tertiary/aromatic N) is 2. The number of rotatable bonds is 6. The second kappa shape index (κ2) is 9.34. The van der Waals surface area contributed by atoms with Gasteiger partial charge in [-0.05, 0) is 88.6 Å². The number of piperidine rings is 2. The van der Waals surface area contributed by atoms with Gasteiger partial charge in [0.2, 0.25) is 0 Å². The van der Waals surface area contributed by atoms with E-state index in [2.05, 4.69) is 18.7 Å². The fraction of sp³-hybridized carbons (Fsp3) is 0.739. The van der Waals surface area contributed by atoms with Crippen molar-refractivity contribution in [3.63, 3.8) is 0 Å². The van der Waals surface area contributed by atoms with Crippen LogP contribution in [0.5, 0.6) is 0 Å². The van der Waals surface area contributed by atoms with Gasteiger partial charge in [0.25, 0.3) is 0 Å². The average molecular weight is 425 g/mol. The van der Waals surface area contributed by atoms with E-state index >= 15 is 0 Å². The molecule has 0 radical (unpaired) electrons. The molecular formula is C23H37FN2O2S. The van der Waals surface area contributed by atoms with Gasteiger partial charge >= 0.3 is 0 Å². The lowest BCUT2D eigenvalue weighted by atomic mass is 9.86. The number of halogens is 1. The van der Waals surface area contributed by atoms with E-state index < -0.39 is 15.1 Å². The van der Waals surface area contributed by atoms with Gasteiger partial charge in [0.1, 0.15) is 5.82 Å². The summed E-state index contributed by atoms with van der Waals surface area (Å²) in [6, 6.07) is 4.22. The molecule has 1 aromatic carbocycles. The highest BCUT2D eigenvalue weighted by atomic mass is 32.2. The lowest BCUT2D eigenvalue weighted by Gasteiger charge is -2.39. The molecule has 164 valence electrons.